The summed E-state index contributed by atoms with van der Waals surface area (Å²) < 4.78 is 31.7. The monoisotopic (exact) mass is 335 g/mol. The van der Waals surface area contributed by atoms with E-state index in [0.29, 0.717) is 11.1 Å². The SMILES string of the molecule is C[C@H](OC(=O)[C@@H](C)N)C(O)(c1ccc(F)cc1)c1ccc(F)cc1. The zero-order valence-corrected chi connectivity index (χ0v) is 13.4. The number of carbonyl (C=O) groups excluding carboxylic acids is 1. The lowest BCUT2D eigenvalue weighted by atomic mass is 9.82. The van der Waals surface area contributed by atoms with Crippen LogP contribution in [0.15, 0.2) is 48.5 Å². The average Bonchev–Trinajstić information content (AvgIpc) is 2.55. The summed E-state index contributed by atoms with van der Waals surface area (Å²) in [4.78, 5) is 11.8. The van der Waals surface area contributed by atoms with Crippen LogP contribution >= 0.6 is 0 Å². The molecule has 0 saturated carbocycles. The minimum atomic E-state index is -1.79. The summed E-state index contributed by atoms with van der Waals surface area (Å²) in [7, 11) is 0. The molecule has 0 fully saturated rings. The summed E-state index contributed by atoms with van der Waals surface area (Å²) in [5.74, 6) is -1.63. The molecule has 3 N–H and O–H groups in total. The minimum Gasteiger partial charge on any atom is -0.458 e. The molecule has 0 aliphatic heterocycles. The fourth-order valence-corrected chi connectivity index (χ4v) is 2.41. The molecule has 0 unspecified atom stereocenters. The largest absolute Gasteiger partial charge is 0.458 e. The maximum Gasteiger partial charge on any atom is 0.323 e. The number of carbonyl (C=O) groups is 1. The molecule has 128 valence electrons. The fraction of sp³-hybridized carbons (Fsp3) is 0.278. The van der Waals surface area contributed by atoms with Gasteiger partial charge in [-0.15, -0.1) is 0 Å². The first-order valence-corrected chi connectivity index (χ1v) is 7.45. The summed E-state index contributed by atoms with van der Waals surface area (Å²) in [5, 5.41) is 11.3. The van der Waals surface area contributed by atoms with Gasteiger partial charge in [0.15, 0.2) is 5.60 Å². The first-order chi connectivity index (χ1) is 11.2. The van der Waals surface area contributed by atoms with E-state index in [0.717, 1.165) is 0 Å². The van der Waals surface area contributed by atoms with Crippen LogP contribution in [-0.4, -0.2) is 23.2 Å². The van der Waals surface area contributed by atoms with Crippen LogP contribution in [0, 0.1) is 11.6 Å². The highest BCUT2D eigenvalue weighted by Crippen LogP contribution is 2.35. The molecule has 0 aliphatic carbocycles. The predicted octanol–water partition coefficient (Wildman–Crippen LogP) is 2.48. The van der Waals surface area contributed by atoms with Gasteiger partial charge in [-0.25, -0.2) is 8.78 Å². The topological polar surface area (TPSA) is 72.5 Å². The highest BCUT2D eigenvalue weighted by atomic mass is 19.1. The molecule has 0 saturated heterocycles. The third-order valence-corrected chi connectivity index (χ3v) is 3.82. The Labute approximate surface area is 138 Å². The molecular formula is C18H19F2NO3. The van der Waals surface area contributed by atoms with Crippen LogP contribution in [0.25, 0.3) is 0 Å². The normalized spacial score (nSPS) is 14.1. The van der Waals surface area contributed by atoms with Crippen LogP contribution in [-0.2, 0) is 15.1 Å². The number of hydrogen-bond acceptors (Lipinski definition) is 4. The van der Waals surface area contributed by atoms with Crippen molar-refractivity contribution >= 4 is 5.97 Å². The second-order valence-electron chi connectivity index (χ2n) is 5.65. The number of hydrogen-bond donors (Lipinski definition) is 2. The number of aliphatic hydroxyl groups is 1. The van der Waals surface area contributed by atoms with Crippen molar-refractivity contribution in [2.75, 3.05) is 0 Å². The molecule has 2 rings (SSSR count). The molecule has 0 heterocycles. The van der Waals surface area contributed by atoms with Crippen molar-refractivity contribution < 1.29 is 23.4 Å². The number of ether oxygens (including phenoxy) is 1. The number of benzene rings is 2. The van der Waals surface area contributed by atoms with Gasteiger partial charge in [0.1, 0.15) is 23.8 Å². The molecule has 2 aromatic carbocycles. The number of halogens is 2. The molecule has 0 amide bonds. The van der Waals surface area contributed by atoms with Crippen molar-refractivity contribution in [2.24, 2.45) is 5.73 Å². The number of esters is 1. The van der Waals surface area contributed by atoms with Crippen LogP contribution in [0.3, 0.4) is 0 Å². The Balaban J connectivity index is 2.49. The van der Waals surface area contributed by atoms with E-state index in [9.17, 15) is 18.7 Å². The quantitative estimate of drug-likeness (QED) is 0.824. The second kappa shape index (κ2) is 7.07. The average molecular weight is 335 g/mol. The Morgan fingerprint density at radius 2 is 1.38 bits per heavy atom. The smallest absolute Gasteiger partial charge is 0.323 e. The van der Waals surface area contributed by atoms with Gasteiger partial charge in [-0.2, -0.15) is 0 Å². The molecule has 0 aromatic heterocycles. The van der Waals surface area contributed by atoms with E-state index in [4.69, 9.17) is 10.5 Å². The van der Waals surface area contributed by atoms with Gasteiger partial charge in [0.2, 0.25) is 0 Å². The lowest BCUT2D eigenvalue weighted by Gasteiger charge is -2.35. The molecule has 2 aromatic rings. The molecule has 0 radical (unpaired) electrons. The van der Waals surface area contributed by atoms with Gasteiger partial charge in [-0.05, 0) is 49.2 Å². The van der Waals surface area contributed by atoms with Crippen LogP contribution in [0.5, 0.6) is 0 Å². The second-order valence-corrected chi connectivity index (χ2v) is 5.65. The summed E-state index contributed by atoms with van der Waals surface area (Å²) in [6, 6.07) is 9.41. The zero-order valence-electron chi connectivity index (χ0n) is 13.4. The van der Waals surface area contributed by atoms with E-state index in [-0.39, 0.29) is 0 Å². The van der Waals surface area contributed by atoms with Gasteiger partial charge >= 0.3 is 5.97 Å². The lowest BCUT2D eigenvalue weighted by Crippen LogP contribution is -2.44. The van der Waals surface area contributed by atoms with Crippen LogP contribution in [0.2, 0.25) is 0 Å². The van der Waals surface area contributed by atoms with Gasteiger partial charge in [0.05, 0.1) is 0 Å². The van der Waals surface area contributed by atoms with E-state index < -0.39 is 35.4 Å². The molecular weight excluding hydrogens is 316 g/mol. The molecule has 2 atom stereocenters. The van der Waals surface area contributed by atoms with Crippen molar-refractivity contribution in [3.05, 3.63) is 71.3 Å². The Hall–Kier alpha value is -2.31. The molecule has 0 aliphatic rings. The molecule has 0 spiro atoms. The third-order valence-electron chi connectivity index (χ3n) is 3.82. The number of nitrogens with two attached hydrogens (primary N) is 1. The highest BCUT2D eigenvalue weighted by molar-refractivity contribution is 5.75. The Morgan fingerprint density at radius 1 is 1.00 bits per heavy atom. The first kappa shape index (κ1) is 18.0. The van der Waals surface area contributed by atoms with E-state index in [2.05, 4.69) is 0 Å². The van der Waals surface area contributed by atoms with Crippen molar-refractivity contribution in [1.29, 1.82) is 0 Å². The van der Waals surface area contributed by atoms with Crippen LogP contribution < -0.4 is 5.73 Å². The standard InChI is InChI=1S/C18H19F2NO3/c1-11(21)17(22)24-12(2)18(23,13-3-7-15(19)8-4-13)14-5-9-16(20)10-6-14/h3-12,23H,21H2,1-2H3/t11-,12+/m1/s1. The van der Waals surface area contributed by atoms with E-state index in [1.165, 1.54) is 62.4 Å². The maximum atomic E-state index is 13.2. The van der Waals surface area contributed by atoms with Crippen LogP contribution in [0.4, 0.5) is 8.78 Å². The Kier molecular flexibility index (Phi) is 5.31. The van der Waals surface area contributed by atoms with Gasteiger partial charge in [0, 0.05) is 0 Å². The summed E-state index contributed by atoms with van der Waals surface area (Å²) in [6.45, 7) is 2.96. The van der Waals surface area contributed by atoms with Gasteiger partial charge in [-0.3, -0.25) is 4.79 Å². The van der Waals surface area contributed by atoms with Gasteiger partial charge in [-0.1, -0.05) is 24.3 Å². The van der Waals surface area contributed by atoms with Gasteiger partial charge in [0.25, 0.3) is 0 Å². The Morgan fingerprint density at radius 3 is 1.71 bits per heavy atom. The first-order valence-electron chi connectivity index (χ1n) is 7.45. The predicted molar refractivity (Wildman–Crippen MR) is 85.0 cm³/mol. The summed E-state index contributed by atoms with van der Waals surface area (Å²) in [6.07, 6.45) is -1.04. The molecule has 0 bridgehead atoms. The minimum absolute atomic E-state index is 0.306. The lowest BCUT2D eigenvalue weighted by molar-refractivity contribution is -0.161. The maximum absolute atomic E-state index is 13.2. The molecule has 6 heteroatoms. The van der Waals surface area contributed by atoms with Crippen molar-refractivity contribution in [3.8, 4) is 0 Å². The van der Waals surface area contributed by atoms with Crippen molar-refractivity contribution in [2.45, 2.75) is 31.6 Å². The zero-order chi connectivity index (χ0) is 17.9. The van der Waals surface area contributed by atoms with E-state index in [1.807, 2.05) is 0 Å². The Bertz CT molecular complexity index is 654. The molecule has 4 nitrogen and oxygen atoms in total. The summed E-state index contributed by atoms with van der Waals surface area (Å²) in [5.41, 5.74) is 4.32. The third kappa shape index (κ3) is 3.60. The van der Waals surface area contributed by atoms with E-state index >= 15 is 0 Å². The fourth-order valence-electron chi connectivity index (χ4n) is 2.41. The number of rotatable bonds is 5. The van der Waals surface area contributed by atoms with Gasteiger partial charge < -0.3 is 15.6 Å². The van der Waals surface area contributed by atoms with Crippen LogP contribution in [0.1, 0.15) is 25.0 Å². The van der Waals surface area contributed by atoms with Crippen molar-refractivity contribution in [3.63, 3.8) is 0 Å². The highest BCUT2D eigenvalue weighted by Gasteiger charge is 2.40. The van der Waals surface area contributed by atoms with Crippen molar-refractivity contribution in [1.82, 2.24) is 0 Å². The van der Waals surface area contributed by atoms with E-state index in [1.54, 1.807) is 0 Å². The summed E-state index contributed by atoms with van der Waals surface area (Å²) >= 11 is 0. The molecule has 24 heavy (non-hydrogen) atoms.